The lowest BCUT2D eigenvalue weighted by Gasteiger charge is -2.08. The molecule has 0 spiro atoms. The summed E-state index contributed by atoms with van der Waals surface area (Å²) in [5.41, 5.74) is 1.11. The quantitative estimate of drug-likeness (QED) is 0.882. The molecule has 1 amide bonds. The Labute approximate surface area is 125 Å². The molecule has 2 heterocycles. The summed E-state index contributed by atoms with van der Waals surface area (Å²) in [5.74, 6) is 0.169. The molecule has 104 valence electrons. The SMILES string of the molecule is COc1ncccc1CNC(=O)c1cnc(Cl)c(Cl)c1. The Bertz CT molecular complexity index is 635. The second-order valence-corrected chi connectivity index (χ2v) is 4.62. The molecule has 0 bridgehead atoms. The van der Waals surface area contributed by atoms with Crippen LogP contribution in [0.5, 0.6) is 5.88 Å². The standard InChI is InChI=1S/C13H11Cl2N3O2/c1-20-13-8(3-2-4-16-13)6-18-12(19)9-5-10(14)11(15)17-7-9/h2-5,7H,6H2,1H3,(H,18,19). The molecule has 7 heteroatoms. The van der Waals surface area contributed by atoms with Crippen molar-refractivity contribution in [3.05, 3.63) is 51.9 Å². The van der Waals surface area contributed by atoms with Crippen LogP contribution < -0.4 is 10.1 Å². The zero-order valence-corrected chi connectivity index (χ0v) is 12.1. The van der Waals surface area contributed by atoms with Gasteiger partial charge in [0.25, 0.3) is 5.91 Å². The van der Waals surface area contributed by atoms with Crippen LogP contribution in [0.4, 0.5) is 0 Å². The van der Waals surface area contributed by atoms with Gasteiger partial charge in [0, 0.05) is 24.5 Å². The van der Waals surface area contributed by atoms with Crippen LogP contribution in [0.2, 0.25) is 10.2 Å². The molecule has 2 aromatic heterocycles. The minimum atomic E-state index is -0.304. The molecule has 2 rings (SSSR count). The lowest BCUT2D eigenvalue weighted by Crippen LogP contribution is -2.23. The van der Waals surface area contributed by atoms with Gasteiger partial charge < -0.3 is 10.1 Å². The Hall–Kier alpha value is -1.85. The van der Waals surface area contributed by atoms with E-state index in [0.29, 0.717) is 11.4 Å². The number of nitrogens with zero attached hydrogens (tertiary/aromatic N) is 2. The number of amides is 1. The highest BCUT2D eigenvalue weighted by molar-refractivity contribution is 6.41. The molecule has 0 unspecified atom stereocenters. The number of hydrogen-bond donors (Lipinski definition) is 1. The Balaban J connectivity index is 2.06. The highest BCUT2D eigenvalue weighted by Gasteiger charge is 2.10. The second-order valence-electron chi connectivity index (χ2n) is 3.85. The van der Waals surface area contributed by atoms with Gasteiger partial charge >= 0.3 is 0 Å². The van der Waals surface area contributed by atoms with Gasteiger partial charge in [-0.1, -0.05) is 29.3 Å². The lowest BCUT2D eigenvalue weighted by molar-refractivity contribution is 0.0950. The molecule has 0 fully saturated rings. The van der Waals surface area contributed by atoms with Crippen molar-refractivity contribution in [1.29, 1.82) is 0 Å². The molecule has 20 heavy (non-hydrogen) atoms. The first-order valence-corrected chi connectivity index (χ1v) is 6.44. The fraction of sp³-hybridized carbons (Fsp3) is 0.154. The van der Waals surface area contributed by atoms with Gasteiger partial charge in [0.2, 0.25) is 5.88 Å². The summed E-state index contributed by atoms with van der Waals surface area (Å²) < 4.78 is 5.10. The minimum absolute atomic E-state index is 0.164. The van der Waals surface area contributed by atoms with E-state index in [4.69, 9.17) is 27.9 Å². The summed E-state index contributed by atoms with van der Waals surface area (Å²) >= 11 is 11.5. The molecule has 0 aliphatic heterocycles. The number of pyridine rings is 2. The monoisotopic (exact) mass is 311 g/mol. The maximum absolute atomic E-state index is 12.0. The summed E-state index contributed by atoms with van der Waals surface area (Å²) in [5, 5.41) is 3.13. The normalized spacial score (nSPS) is 10.2. The molecular weight excluding hydrogens is 301 g/mol. The van der Waals surface area contributed by atoms with E-state index < -0.39 is 0 Å². The maximum Gasteiger partial charge on any atom is 0.253 e. The Morgan fingerprint density at radius 1 is 1.40 bits per heavy atom. The highest BCUT2D eigenvalue weighted by Crippen LogP contribution is 2.20. The minimum Gasteiger partial charge on any atom is -0.481 e. The van der Waals surface area contributed by atoms with Crippen LogP contribution in [0, 0.1) is 0 Å². The topological polar surface area (TPSA) is 64.1 Å². The molecule has 0 aliphatic rings. The predicted octanol–water partition coefficient (Wildman–Crippen LogP) is 2.72. The van der Waals surface area contributed by atoms with Crippen molar-refractivity contribution in [2.24, 2.45) is 0 Å². The Kier molecular flexibility index (Phi) is 4.76. The van der Waals surface area contributed by atoms with E-state index in [0.717, 1.165) is 5.56 Å². The Morgan fingerprint density at radius 2 is 2.20 bits per heavy atom. The van der Waals surface area contributed by atoms with Crippen LogP contribution in [0.3, 0.4) is 0 Å². The van der Waals surface area contributed by atoms with Crippen LogP contribution >= 0.6 is 23.2 Å². The predicted molar refractivity (Wildman–Crippen MR) is 76.2 cm³/mol. The average Bonchev–Trinajstić information content (AvgIpc) is 2.47. The lowest BCUT2D eigenvalue weighted by atomic mass is 10.2. The zero-order chi connectivity index (χ0) is 14.5. The van der Waals surface area contributed by atoms with Crippen molar-refractivity contribution >= 4 is 29.1 Å². The molecule has 0 radical (unpaired) electrons. The van der Waals surface area contributed by atoms with Crippen molar-refractivity contribution < 1.29 is 9.53 Å². The number of halogens is 2. The molecule has 0 aromatic carbocycles. The van der Waals surface area contributed by atoms with Crippen molar-refractivity contribution in [2.75, 3.05) is 7.11 Å². The molecule has 0 saturated carbocycles. The first-order valence-electron chi connectivity index (χ1n) is 5.69. The van der Waals surface area contributed by atoms with Gasteiger partial charge in [0.1, 0.15) is 5.15 Å². The largest absolute Gasteiger partial charge is 0.481 e. The Morgan fingerprint density at radius 3 is 2.90 bits per heavy atom. The number of methoxy groups -OCH3 is 1. The van der Waals surface area contributed by atoms with Crippen molar-refractivity contribution in [2.45, 2.75) is 6.54 Å². The van der Waals surface area contributed by atoms with Crippen molar-refractivity contribution in [3.8, 4) is 5.88 Å². The van der Waals surface area contributed by atoms with Gasteiger partial charge in [0.15, 0.2) is 0 Å². The van der Waals surface area contributed by atoms with E-state index in [2.05, 4.69) is 15.3 Å². The molecule has 1 N–H and O–H groups in total. The third-order valence-corrected chi connectivity index (χ3v) is 3.23. The van der Waals surface area contributed by atoms with Crippen LogP contribution in [0.1, 0.15) is 15.9 Å². The molecule has 0 saturated heterocycles. The van der Waals surface area contributed by atoms with E-state index in [-0.39, 0.29) is 22.6 Å². The van der Waals surface area contributed by atoms with E-state index in [1.54, 1.807) is 12.3 Å². The van der Waals surface area contributed by atoms with Crippen LogP contribution in [0.15, 0.2) is 30.6 Å². The highest BCUT2D eigenvalue weighted by atomic mass is 35.5. The van der Waals surface area contributed by atoms with Crippen molar-refractivity contribution in [3.63, 3.8) is 0 Å². The van der Waals surface area contributed by atoms with Crippen LogP contribution in [0.25, 0.3) is 0 Å². The summed E-state index contributed by atoms with van der Waals surface area (Å²) in [7, 11) is 1.52. The van der Waals surface area contributed by atoms with Gasteiger partial charge in [-0.2, -0.15) is 0 Å². The molecule has 0 atom stereocenters. The van der Waals surface area contributed by atoms with Gasteiger partial charge in [-0.3, -0.25) is 4.79 Å². The van der Waals surface area contributed by atoms with Crippen molar-refractivity contribution in [1.82, 2.24) is 15.3 Å². The summed E-state index contributed by atoms with van der Waals surface area (Å²) in [6, 6.07) is 5.05. The number of ether oxygens (including phenoxy) is 1. The number of nitrogens with one attached hydrogen (secondary N) is 1. The first kappa shape index (κ1) is 14.6. The maximum atomic E-state index is 12.0. The van der Waals surface area contributed by atoms with Crippen LogP contribution in [-0.4, -0.2) is 23.0 Å². The molecule has 0 aliphatic carbocycles. The smallest absolute Gasteiger partial charge is 0.253 e. The van der Waals surface area contributed by atoms with Crippen LogP contribution in [-0.2, 0) is 6.54 Å². The van der Waals surface area contributed by atoms with E-state index in [9.17, 15) is 4.79 Å². The summed E-state index contributed by atoms with van der Waals surface area (Å²) in [4.78, 5) is 19.8. The van der Waals surface area contributed by atoms with E-state index in [1.165, 1.54) is 19.4 Å². The fourth-order valence-corrected chi connectivity index (χ4v) is 1.84. The number of carbonyl (C=O) groups is 1. The number of rotatable bonds is 4. The molecular formula is C13H11Cl2N3O2. The van der Waals surface area contributed by atoms with Gasteiger partial charge in [0.05, 0.1) is 17.7 Å². The van der Waals surface area contributed by atoms with E-state index >= 15 is 0 Å². The molecule has 5 nitrogen and oxygen atoms in total. The zero-order valence-electron chi connectivity index (χ0n) is 10.6. The first-order chi connectivity index (χ1) is 9.61. The van der Waals surface area contributed by atoms with Gasteiger partial charge in [-0.05, 0) is 12.1 Å². The third-order valence-electron chi connectivity index (χ3n) is 2.54. The average molecular weight is 312 g/mol. The van der Waals surface area contributed by atoms with E-state index in [1.807, 2.05) is 6.07 Å². The summed E-state index contributed by atoms with van der Waals surface area (Å²) in [6.07, 6.45) is 2.98. The number of carbonyl (C=O) groups excluding carboxylic acids is 1. The van der Waals surface area contributed by atoms with Gasteiger partial charge in [-0.15, -0.1) is 0 Å². The summed E-state index contributed by atoms with van der Waals surface area (Å²) in [6.45, 7) is 0.288. The third kappa shape index (κ3) is 3.37. The number of aromatic nitrogens is 2. The number of hydrogen-bond acceptors (Lipinski definition) is 4. The van der Waals surface area contributed by atoms with Gasteiger partial charge in [-0.25, -0.2) is 9.97 Å². The fourth-order valence-electron chi connectivity index (χ4n) is 1.57. The molecule has 2 aromatic rings. The second kappa shape index (κ2) is 6.54.